The average Bonchev–Trinajstić information content (AvgIpc) is 2.45. The van der Waals surface area contributed by atoms with E-state index in [1.807, 2.05) is 30.3 Å². The summed E-state index contributed by atoms with van der Waals surface area (Å²) < 4.78 is 10.8. The minimum absolute atomic E-state index is 0.281. The van der Waals surface area contributed by atoms with Gasteiger partial charge in [0.1, 0.15) is 12.2 Å². The molecular weight excluding hydrogens is 244 g/mol. The molecule has 0 amide bonds. The first-order valence-corrected chi connectivity index (χ1v) is 5.81. The van der Waals surface area contributed by atoms with Crippen molar-refractivity contribution in [3.05, 3.63) is 59.7 Å². The number of hydrogen-bond acceptors (Lipinski definition) is 3. The number of benzene rings is 2. The normalized spacial score (nSPS) is 9.95. The zero-order chi connectivity index (χ0) is 13.7. The predicted molar refractivity (Wildman–Crippen MR) is 71.7 cm³/mol. The van der Waals surface area contributed by atoms with Crippen LogP contribution in [0.4, 0.5) is 0 Å². The molecule has 0 heterocycles. The molecule has 2 N–H and O–H groups in total. The number of rotatable bonds is 5. The fourth-order valence-electron chi connectivity index (χ4n) is 1.66. The molecule has 19 heavy (non-hydrogen) atoms. The minimum Gasteiger partial charge on any atom is -0.561 e. The van der Waals surface area contributed by atoms with Crippen LogP contribution in [0.25, 0.3) is 0 Å². The van der Waals surface area contributed by atoms with Gasteiger partial charge in [-0.25, -0.2) is 0 Å². The maximum Gasteiger partial charge on any atom is 0.549 e. The summed E-state index contributed by atoms with van der Waals surface area (Å²) >= 11 is 0. The van der Waals surface area contributed by atoms with Crippen molar-refractivity contribution in [2.24, 2.45) is 0 Å². The molecule has 98 valence electrons. The van der Waals surface area contributed by atoms with Crippen LogP contribution in [0.2, 0.25) is 0 Å². The first-order valence-electron chi connectivity index (χ1n) is 5.81. The molecule has 2 aromatic carbocycles. The largest absolute Gasteiger partial charge is 0.561 e. The fraction of sp³-hybridized carbons (Fsp3) is 0.133. The third-order valence-corrected chi connectivity index (χ3v) is 2.66. The summed E-state index contributed by atoms with van der Waals surface area (Å²) in [6.45, 7) is 0.422. The molecule has 0 spiro atoms. The molecule has 0 atom stereocenters. The van der Waals surface area contributed by atoms with Crippen molar-refractivity contribution in [1.82, 2.24) is 0 Å². The number of carbonyl (C=O) groups is 1. The van der Waals surface area contributed by atoms with Crippen LogP contribution in [0.3, 0.4) is 0 Å². The van der Waals surface area contributed by atoms with Gasteiger partial charge in [-0.2, -0.15) is 0 Å². The van der Waals surface area contributed by atoms with E-state index in [4.69, 9.17) is 14.6 Å². The van der Waals surface area contributed by atoms with Crippen LogP contribution >= 0.6 is 0 Å². The van der Waals surface area contributed by atoms with E-state index in [1.165, 1.54) is 13.2 Å². The van der Waals surface area contributed by atoms with E-state index in [-0.39, 0.29) is 5.56 Å². The van der Waals surface area contributed by atoms with Crippen molar-refractivity contribution >= 4 is 5.97 Å². The Hall–Kier alpha value is -2.49. The van der Waals surface area contributed by atoms with Crippen molar-refractivity contribution in [1.29, 1.82) is 0 Å². The number of ether oxygens (including phenoxy) is 2. The van der Waals surface area contributed by atoms with Crippen LogP contribution in [0.5, 0.6) is 11.5 Å². The molecular formula is C15H15O4+. The highest BCUT2D eigenvalue weighted by Crippen LogP contribution is 2.28. The standard InChI is InChI=1S/C15H14O4/c1-18-14-9-12(15(16)17)7-8-13(14)19-10-11-5-3-2-4-6-11/h2-9H,10H2,1H3,(H,16,17)/p+1. The molecule has 0 aliphatic heterocycles. The summed E-state index contributed by atoms with van der Waals surface area (Å²) in [4.78, 5) is 11.0. The Bertz CT molecular complexity index is 564. The fourth-order valence-corrected chi connectivity index (χ4v) is 1.66. The van der Waals surface area contributed by atoms with E-state index in [0.29, 0.717) is 18.1 Å². The molecule has 0 aromatic heterocycles. The molecule has 0 unspecified atom stereocenters. The monoisotopic (exact) mass is 259 g/mol. The molecule has 0 fully saturated rings. The van der Waals surface area contributed by atoms with Gasteiger partial charge in [0, 0.05) is 10.9 Å². The first-order chi connectivity index (χ1) is 9.20. The summed E-state index contributed by atoms with van der Waals surface area (Å²) in [6, 6.07) is 14.5. The molecule has 4 nitrogen and oxygen atoms in total. The van der Waals surface area contributed by atoms with E-state index in [1.54, 1.807) is 12.1 Å². The second-order valence-electron chi connectivity index (χ2n) is 3.97. The zero-order valence-electron chi connectivity index (χ0n) is 10.6. The Labute approximate surface area is 111 Å². The summed E-state index contributed by atoms with van der Waals surface area (Å²) in [5.41, 5.74) is 1.33. The SMILES string of the molecule is COc1cc(C(=O)[OH2+])ccc1OCc1ccccc1. The maximum absolute atomic E-state index is 11.0. The third kappa shape index (κ3) is 3.25. The highest BCUT2D eigenvalue weighted by Gasteiger charge is 2.15. The molecule has 2 aromatic rings. The van der Waals surface area contributed by atoms with Crippen LogP contribution in [0.1, 0.15) is 15.9 Å². The second kappa shape index (κ2) is 5.91. The quantitative estimate of drug-likeness (QED) is 0.773. The second-order valence-corrected chi connectivity index (χ2v) is 3.97. The lowest BCUT2D eigenvalue weighted by atomic mass is 10.2. The minimum atomic E-state index is -0.743. The van der Waals surface area contributed by atoms with Crippen molar-refractivity contribution in [2.75, 3.05) is 7.11 Å². The molecule has 0 aliphatic carbocycles. The van der Waals surface area contributed by atoms with Crippen molar-refractivity contribution in [3.8, 4) is 11.5 Å². The van der Waals surface area contributed by atoms with E-state index in [0.717, 1.165) is 5.56 Å². The topological polar surface area (TPSA) is 58.4 Å². The van der Waals surface area contributed by atoms with Gasteiger partial charge < -0.3 is 14.6 Å². The van der Waals surface area contributed by atoms with Gasteiger partial charge in [-0.1, -0.05) is 30.3 Å². The summed E-state index contributed by atoms with van der Waals surface area (Å²) in [7, 11) is 1.50. The van der Waals surface area contributed by atoms with Crippen molar-refractivity contribution < 1.29 is 19.4 Å². The van der Waals surface area contributed by atoms with Gasteiger partial charge in [-0.05, 0) is 17.7 Å². The van der Waals surface area contributed by atoms with E-state index < -0.39 is 5.97 Å². The summed E-state index contributed by atoms with van der Waals surface area (Å²) in [5.74, 6) is 0.262. The van der Waals surface area contributed by atoms with E-state index in [9.17, 15) is 4.79 Å². The Morgan fingerprint density at radius 1 is 1.11 bits per heavy atom. The lowest BCUT2D eigenvalue weighted by Gasteiger charge is -2.10. The summed E-state index contributed by atoms with van der Waals surface area (Å²) in [6.07, 6.45) is 0. The molecule has 4 heteroatoms. The lowest BCUT2D eigenvalue weighted by molar-refractivity contribution is 0.0696. The van der Waals surface area contributed by atoms with Gasteiger partial charge in [-0.3, -0.25) is 0 Å². The number of methoxy groups -OCH3 is 1. The van der Waals surface area contributed by atoms with E-state index in [2.05, 4.69) is 0 Å². The number of carbonyl (C=O) groups excluding carboxylic acids is 1. The molecule has 0 radical (unpaired) electrons. The maximum atomic E-state index is 11.0. The molecule has 0 saturated heterocycles. The van der Waals surface area contributed by atoms with Crippen LogP contribution in [0.15, 0.2) is 48.5 Å². The van der Waals surface area contributed by atoms with Crippen LogP contribution in [-0.2, 0) is 6.61 Å². The Morgan fingerprint density at radius 2 is 1.84 bits per heavy atom. The zero-order valence-corrected chi connectivity index (χ0v) is 10.6. The van der Waals surface area contributed by atoms with Gasteiger partial charge in [0.05, 0.1) is 7.11 Å². The lowest BCUT2D eigenvalue weighted by Crippen LogP contribution is -2.00. The highest BCUT2D eigenvalue weighted by molar-refractivity contribution is 5.88. The molecule has 0 aliphatic rings. The van der Waals surface area contributed by atoms with Gasteiger partial charge in [0.2, 0.25) is 0 Å². The van der Waals surface area contributed by atoms with Crippen LogP contribution in [-0.4, -0.2) is 18.2 Å². The molecule has 2 rings (SSSR count). The smallest absolute Gasteiger partial charge is 0.549 e. The Kier molecular flexibility index (Phi) is 4.03. The first kappa shape index (κ1) is 13.0. The number of hydrogen-bond donors (Lipinski definition) is 0. The third-order valence-electron chi connectivity index (χ3n) is 2.66. The van der Waals surface area contributed by atoms with E-state index >= 15 is 0 Å². The van der Waals surface area contributed by atoms with Gasteiger partial charge in [0.25, 0.3) is 0 Å². The van der Waals surface area contributed by atoms with Crippen LogP contribution < -0.4 is 9.47 Å². The highest BCUT2D eigenvalue weighted by atomic mass is 16.5. The van der Waals surface area contributed by atoms with Crippen molar-refractivity contribution in [3.63, 3.8) is 0 Å². The molecule has 0 saturated carbocycles. The van der Waals surface area contributed by atoms with Gasteiger partial charge in [0.15, 0.2) is 11.5 Å². The molecule has 0 bridgehead atoms. The van der Waals surface area contributed by atoms with Gasteiger partial charge >= 0.3 is 5.97 Å². The van der Waals surface area contributed by atoms with Gasteiger partial charge in [-0.15, -0.1) is 0 Å². The van der Waals surface area contributed by atoms with Crippen LogP contribution in [0, 0.1) is 0 Å². The summed E-state index contributed by atoms with van der Waals surface area (Å²) in [5, 5.41) is 7.06. The Balaban J connectivity index is 2.14. The Morgan fingerprint density at radius 3 is 2.47 bits per heavy atom. The predicted octanol–water partition coefficient (Wildman–Crippen LogP) is 2.14. The average molecular weight is 259 g/mol. The van der Waals surface area contributed by atoms with Crippen molar-refractivity contribution in [2.45, 2.75) is 6.61 Å².